The lowest BCUT2D eigenvalue weighted by Gasteiger charge is -2.34. The lowest BCUT2D eigenvalue weighted by molar-refractivity contribution is 0.102. The molecule has 0 spiro atoms. The highest BCUT2D eigenvalue weighted by Gasteiger charge is 2.16. The van der Waals surface area contributed by atoms with Crippen LogP contribution < -0.4 is 15.5 Å². The normalized spacial score (nSPS) is 14.9. The van der Waals surface area contributed by atoms with Gasteiger partial charge in [0.1, 0.15) is 5.82 Å². The molecule has 1 aliphatic rings. The number of nitrogens with zero attached hydrogens (tertiary/aromatic N) is 3. The maximum Gasteiger partial charge on any atom is 0.256 e. The number of fused-ring (bicyclic) bond motifs is 1. The Kier molecular flexibility index (Phi) is 6.47. The number of nitrogens with one attached hydrogen (secondary N) is 3. The molecule has 3 aromatic rings. The minimum Gasteiger partial charge on any atom is -0.393 e. The standard InChI is InChI=1S/C25H28N6O/c1-27-16-22(15-26)18-6-7-20-17-28-24(14-21(20)12-18)29-25(32)19-4-3-5-23(13-19)31-10-8-30(2)9-11-31/h3-7,12-17,26-27H,8-11H2,1-2H3,(H,28,29,32)/b22-16+,26-15?. The third-order valence-corrected chi connectivity index (χ3v) is 5.73. The van der Waals surface area contributed by atoms with E-state index in [0.717, 1.165) is 53.8 Å². The number of carbonyl (C=O) groups is 1. The van der Waals surface area contributed by atoms with Gasteiger partial charge < -0.3 is 25.8 Å². The van der Waals surface area contributed by atoms with E-state index in [0.29, 0.717) is 11.4 Å². The second-order valence-electron chi connectivity index (χ2n) is 7.96. The molecule has 3 N–H and O–H groups in total. The van der Waals surface area contributed by atoms with E-state index in [-0.39, 0.29) is 5.91 Å². The number of rotatable bonds is 6. The third-order valence-electron chi connectivity index (χ3n) is 5.73. The first kappa shape index (κ1) is 21.5. The van der Waals surface area contributed by atoms with Crippen LogP contribution in [-0.4, -0.2) is 62.3 Å². The lowest BCUT2D eigenvalue weighted by Crippen LogP contribution is -2.44. The molecule has 1 fully saturated rings. The summed E-state index contributed by atoms with van der Waals surface area (Å²) in [4.78, 5) is 21.9. The Hall–Kier alpha value is -3.71. The molecule has 1 saturated heterocycles. The molecule has 1 aliphatic heterocycles. The minimum atomic E-state index is -0.181. The number of likely N-dealkylation sites (N-methyl/N-ethyl adjacent to an activating group) is 1. The molecule has 1 amide bonds. The lowest BCUT2D eigenvalue weighted by atomic mass is 10.0. The number of pyridine rings is 1. The first-order valence-corrected chi connectivity index (χ1v) is 10.7. The zero-order valence-electron chi connectivity index (χ0n) is 18.4. The molecule has 32 heavy (non-hydrogen) atoms. The Morgan fingerprint density at radius 2 is 1.84 bits per heavy atom. The summed E-state index contributed by atoms with van der Waals surface area (Å²) in [6.45, 7) is 3.94. The van der Waals surface area contributed by atoms with E-state index in [1.165, 1.54) is 6.21 Å². The van der Waals surface area contributed by atoms with Crippen LogP contribution in [0.4, 0.5) is 11.5 Å². The summed E-state index contributed by atoms with van der Waals surface area (Å²) in [5.74, 6) is 0.317. The molecule has 0 unspecified atom stereocenters. The Bertz CT molecular complexity index is 1160. The van der Waals surface area contributed by atoms with Gasteiger partial charge in [-0.05, 0) is 48.3 Å². The van der Waals surface area contributed by atoms with Gasteiger partial charge in [-0.2, -0.15) is 0 Å². The average molecular weight is 429 g/mol. The van der Waals surface area contributed by atoms with Crippen molar-refractivity contribution in [1.29, 1.82) is 5.41 Å². The molecule has 2 aromatic carbocycles. The summed E-state index contributed by atoms with van der Waals surface area (Å²) >= 11 is 0. The van der Waals surface area contributed by atoms with Crippen molar-refractivity contribution in [3.05, 3.63) is 72.1 Å². The summed E-state index contributed by atoms with van der Waals surface area (Å²) in [7, 11) is 3.94. The van der Waals surface area contributed by atoms with Crippen LogP contribution in [0.15, 0.2) is 60.9 Å². The minimum absolute atomic E-state index is 0.181. The zero-order chi connectivity index (χ0) is 22.5. The van der Waals surface area contributed by atoms with Crippen molar-refractivity contribution in [1.82, 2.24) is 15.2 Å². The Morgan fingerprint density at radius 3 is 2.59 bits per heavy atom. The van der Waals surface area contributed by atoms with Gasteiger partial charge in [-0.1, -0.05) is 18.2 Å². The summed E-state index contributed by atoms with van der Waals surface area (Å²) in [6, 6.07) is 15.5. The number of carbonyl (C=O) groups excluding carboxylic acids is 1. The van der Waals surface area contributed by atoms with Crippen LogP contribution in [-0.2, 0) is 0 Å². The number of piperazine rings is 1. The van der Waals surface area contributed by atoms with Crippen molar-refractivity contribution in [2.75, 3.05) is 50.5 Å². The molecule has 0 atom stereocenters. The summed E-state index contributed by atoms with van der Waals surface area (Å²) < 4.78 is 0. The molecular weight excluding hydrogens is 400 g/mol. The van der Waals surface area contributed by atoms with Crippen molar-refractivity contribution >= 4 is 40.0 Å². The van der Waals surface area contributed by atoms with E-state index in [1.807, 2.05) is 42.5 Å². The van der Waals surface area contributed by atoms with Crippen molar-refractivity contribution in [3.8, 4) is 0 Å². The maximum absolute atomic E-state index is 12.9. The third kappa shape index (κ3) is 4.78. The first-order chi connectivity index (χ1) is 15.6. The van der Waals surface area contributed by atoms with E-state index < -0.39 is 0 Å². The molecular formula is C25H28N6O. The molecule has 0 radical (unpaired) electrons. The molecule has 0 saturated carbocycles. The number of aromatic nitrogens is 1. The largest absolute Gasteiger partial charge is 0.393 e. The molecule has 0 bridgehead atoms. The van der Waals surface area contributed by atoms with Gasteiger partial charge in [0.25, 0.3) is 5.91 Å². The number of hydrogen-bond donors (Lipinski definition) is 3. The van der Waals surface area contributed by atoms with Gasteiger partial charge in [-0.15, -0.1) is 0 Å². The fourth-order valence-corrected chi connectivity index (χ4v) is 3.85. The van der Waals surface area contributed by atoms with Crippen LogP contribution in [0.25, 0.3) is 16.3 Å². The predicted molar refractivity (Wildman–Crippen MR) is 132 cm³/mol. The zero-order valence-corrected chi connectivity index (χ0v) is 18.4. The number of allylic oxidation sites excluding steroid dienone is 1. The highest BCUT2D eigenvalue weighted by Crippen LogP contribution is 2.23. The van der Waals surface area contributed by atoms with Gasteiger partial charge in [0.15, 0.2) is 0 Å². The quantitative estimate of drug-likeness (QED) is 0.524. The van der Waals surface area contributed by atoms with E-state index in [2.05, 4.69) is 38.5 Å². The Labute approximate surface area is 188 Å². The van der Waals surface area contributed by atoms with Crippen LogP contribution in [0, 0.1) is 5.41 Å². The highest BCUT2D eigenvalue weighted by atomic mass is 16.1. The molecule has 164 valence electrons. The molecule has 2 heterocycles. The molecule has 7 nitrogen and oxygen atoms in total. The SMILES string of the molecule is CN/C=C(\C=N)c1ccc2cnc(NC(=O)c3cccc(N4CCN(C)CC4)c3)cc2c1. The summed E-state index contributed by atoms with van der Waals surface area (Å²) in [5.41, 5.74) is 3.38. The van der Waals surface area contributed by atoms with Crippen molar-refractivity contribution in [3.63, 3.8) is 0 Å². The number of benzene rings is 2. The fourth-order valence-electron chi connectivity index (χ4n) is 3.85. The van der Waals surface area contributed by atoms with Gasteiger partial charge in [0, 0.05) is 74.0 Å². The number of anilines is 2. The molecule has 0 aliphatic carbocycles. The van der Waals surface area contributed by atoms with Gasteiger partial charge in [-0.25, -0.2) is 4.98 Å². The van der Waals surface area contributed by atoms with E-state index in [4.69, 9.17) is 5.41 Å². The van der Waals surface area contributed by atoms with Crippen LogP contribution in [0.2, 0.25) is 0 Å². The number of amides is 1. The highest BCUT2D eigenvalue weighted by molar-refractivity contribution is 6.09. The maximum atomic E-state index is 12.9. The topological polar surface area (TPSA) is 84.3 Å². The van der Waals surface area contributed by atoms with Crippen LogP contribution in [0.5, 0.6) is 0 Å². The van der Waals surface area contributed by atoms with E-state index in [1.54, 1.807) is 19.4 Å². The smallest absolute Gasteiger partial charge is 0.256 e. The second-order valence-corrected chi connectivity index (χ2v) is 7.96. The molecule has 7 heteroatoms. The Balaban J connectivity index is 1.54. The first-order valence-electron chi connectivity index (χ1n) is 10.7. The van der Waals surface area contributed by atoms with Crippen molar-refractivity contribution in [2.24, 2.45) is 0 Å². The summed E-state index contributed by atoms with van der Waals surface area (Å²) in [5, 5.41) is 15.4. The van der Waals surface area contributed by atoms with E-state index >= 15 is 0 Å². The van der Waals surface area contributed by atoms with Crippen LogP contribution >= 0.6 is 0 Å². The van der Waals surface area contributed by atoms with Crippen LogP contribution in [0.3, 0.4) is 0 Å². The average Bonchev–Trinajstić information content (AvgIpc) is 2.82. The van der Waals surface area contributed by atoms with Gasteiger partial charge >= 0.3 is 0 Å². The summed E-state index contributed by atoms with van der Waals surface area (Å²) in [6.07, 6.45) is 4.85. The van der Waals surface area contributed by atoms with Crippen molar-refractivity contribution in [2.45, 2.75) is 0 Å². The predicted octanol–water partition coefficient (Wildman–Crippen LogP) is 3.45. The van der Waals surface area contributed by atoms with Gasteiger partial charge in [0.2, 0.25) is 0 Å². The monoisotopic (exact) mass is 428 g/mol. The Morgan fingerprint density at radius 1 is 1.03 bits per heavy atom. The molecule has 4 rings (SSSR count). The molecule has 1 aromatic heterocycles. The van der Waals surface area contributed by atoms with Crippen molar-refractivity contribution < 1.29 is 4.79 Å². The van der Waals surface area contributed by atoms with E-state index in [9.17, 15) is 4.79 Å². The fraction of sp³-hybridized carbons (Fsp3) is 0.240. The van der Waals surface area contributed by atoms with Gasteiger partial charge in [-0.3, -0.25) is 4.79 Å². The number of hydrogen-bond acceptors (Lipinski definition) is 6. The van der Waals surface area contributed by atoms with Gasteiger partial charge in [0.05, 0.1) is 0 Å². The van der Waals surface area contributed by atoms with Crippen LogP contribution in [0.1, 0.15) is 15.9 Å². The second kappa shape index (κ2) is 9.62.